The maximum atomic E-state index is 10.4. The van der Waals surface area contributed by atoms with Crippen molar-refractivity contribution >= 4 is 0 Å². The molecule has 0 heterocycles. The molecular formula is C18H26O2. The Kier molecular flexibility index (Phi) is 2.91. The second kappa shape index (κ2) is 4.45. The first kappa shape index (κ1) is 13.1. The Morgan fingerprint density at radius 3 is 2.85 bits per heavy atom. The summed E-state index contributed by atoms with van der Waals surface area (Å²) in [7, 11) is 0. The van der Waals surface area contributed by atoms with E-state index >= 15 is 0 Å². The Hall–Kier alpha value is -0.600. The Morgan fingerprint density at radius 1 is 1.15 bits per heavy atom. The van der Waals surface area contributed by atoms with E-state index in [9.17, 15) is 10.2 Å². The Morgan fingerprint density at radius 2 is 2.00 bits per heavy atom. The molecule has 0 aromatic heterocycles. The second-order valence-electron chi connectivity index (χ2n) is 7.74. The highest BCUT2D eigenvalue weighted by atomic mass is 16.3. The van der Waals surface area contributed by atoms with Crippen molar-refractivity contribution in [1.29, 1.82) is 0 Å². The normalized spacial score (nSPS) is 50.6. The highest BCUT2D eigenvalue weighted by molar-refractivity contribution is 5.37. The first-order chi connectivity index (χ1) is 9.59. The number of hydrogen-bond acceptors (Lipinski definition) is 2. The molecule has 2 nitrogen and oxygen atoms in total. The second-order valence-corrected chi connectivity index (χ2v) is 7.74. The van der Waals surface area contributed by atoms with E-state index in [4.69, 9.17) is 0 Å². The van der Waals surface area contributed by atoms with Gasteiger partial charge in [0.2, 0.25) is 0 Å². The fourth-order valence-electron chi connectivity index (χ4n) is 5.79. The van der Waals surface area contributed by atoms with Crippen LogP contribution in [-0.4, -0.2) is 22.4 Å². The van der Waals surface area contributed by atoms with Crippen LogP contribution in [0.5, 0.6) is 0 Å². The van der Waals surface area contributed by atoms with Gasteiger partial charge in [-0.05, 0) is 73.7 Å². The minimum absolute atomic E-state index is 0.0763. The lowest BCUT2D eigenvalue weighted by atomic mass is 9.55. The molecule has 4 aliphatic rings. The van der Waals surface area contributed by atoms with Crippen LogP contribution in [0.4, 0.5) is 0 Å². The van der Waals surface area contributed by atoms with Gasteiger partial charge >= 0.3 is 0 Å². The molecule has 0 aliphatic heterocycles. The Labute approximate surface area is 121 Å². The van der Waals surface area contributed by atoms with Crippen molar-refractivity contribution in [2.24, 2.45) is 23.2 Å². The quantitative estimate of drug-likeness (QED) is 0.712. The summed E-state index contributed by atoms with van der Waals surface area (Å²) in [5, 5.41) is 20.2. The van der Waals surface area contributed by atoms with E-state index in [0.29, 0.717) is 11.8 Å². The summed E-state index contributed by atoms with van der Waals surface area (Å²) >= 11 is 0. The number of allylic oxidation sites excluding steroid dienone is 2. The van der Waals surface area contributed by atoms with Gasteiger partial charge in [0.05, 0.1) is 12.2 Å². The van der Waals surface area contributed by atoms with E-state index in [1.54, 1.807) is 5.57 Å². The molecule has 0 spiro atoms. The van der Waals surface area contributed by atoms with Gasteiger partial charge in [0, 0.05) is 0 Å². The molecule has 4 rings (SSSR count). The zero-order chi connectivity index (χ0) is 13.9. The van der Waals surface area contributed by atoms with E-state index in [2.05, 4.69) is 13.0 Å². The van der Waals surface area contributed by atoms with Gasteiger partial charge in [-0.1, -0.05) is 24.6 Å². The van der Waals surface area contributed by atoms with E-state index < -0.39 is 0 Å². The zero-order valence-corrected chi connectivity index (χ0v) is 12.4. The van der Waals surface area contributed by atoms with Crippen molar-refractivity contribution in [3.05, 3.63) is 23.3 Å². The first-order valence-corrected chi connectivity index (χ1v) is 8.36. The summed E-state index contributed by atoms with van der Waals surface area (Å²) in [6.45, 7) is 2.33. The third kappa shape index (κ3) is 1.70. The molecule has 110 valence electrons. The average molecular weight is 274 g/mol. The molecule has 0 saturated heterocycles. The van der Waals surface area contributed by atoms with Crippen LogP contribution in [-0.2, 0) is 0 Å². The van der Waals surface area contributed by atoms with Crippen molar-refractivity contribution in [3.8, 4) is 0 Å². The molecule has 4 aliphatic carbocycles. The number of fused-ring (bicyclic) bond motifs is 4. The highest BCUT2D eigenvalue weighted by Crippen LogP contribution is 2.60. The standard InChI is InChI=1S/C18H26O2/c1-18-9-8-14-13-5-3-12(19)10-11(13)2-4-15(14)16(18)6-7-17(18)20/h3,5,12,14-17,19-20H,2,4,6-10H2,1H3/t12?,14?,15?,16?,17-,18-/m0/s1. The highest BCUT2D eigenvalue weighted by Gasteiger charge is 2.54. The minimum Gasteiger partial charge on any atom is -0.393 e. The third-order valence-corrected chi connectivity index (χ3v) is 6.93. The minimum atomic E-state index is -0.257. The van der Waals surface area contributed by atoms with Gasteiger partial charge < -0.3 is 10.2 Å². The maximum Gasteiger partial charge on any atom is 0.0761 e. The molecule has 2 saturated carbocycles. The van der Waals surface area contributed by atoms with Crippen molar-refractivity contribution in [1.82, 2.24) is 0 Å². The molecule has 6 atom stereocenters. The van der Waals surface area contributed by atoms with Crippen molar-refractivity contribution in [2.45, 2.75) is 64.1 Å². The largest absolute Gasteiger partial charge is 0.393 e. The lowest BCUT2D eigenvalue weighted by Crippen LogP contribution is -2.45. The van der Waals surface area contributed by atoms with Crippen LogP contribution in [0.25, 0.3) is 0 Å². The summed E-state index contributed by atoms with van der Waals surface area (Å²) in [6.07, 6.45) is 11.8. The molecular weight excluding hydrogens is 248 g/mol. The topological polar surface area (TPSA) is 40.5 Å². The van der Waals surface area contributed by atoms with Crippen molar-refractivity contribution < 1.29 is 10.2 Å². The predicted molar refractivity (Wildman–Crippen MR) is 79.1 cm³/mol. The summed E-state index contributed by atoms with van der Waals surface area (Å²) in [4.78, 5) is 0. The summed E-state index contributed by atoms with van der Waals surface area (Å²) < 4.78 is 0. The molecule has 0 amide bonds. The van der Waals surface area contributed by atoms with Gasteiger partial charge in [0.25, 0.3) is 0 Å². The van der Waals surface area contributed by atoms with Gasteiger partial charge in [-0.2, -0.15) is 0 Å². The van der Waals surface area contributed by atoms with Gasteiger partial charge in [-0.3, -0.25) is 0 Å². The van der Waals surface area contributed by atoms with Crippen LogP contribution in [0.3, 0.4) is 0 Å². The summed E-state index contributed by atoms with van der Waals surface area (Å²) in [5.41, 5.74) is 3.25. The Bertz CT molecular complexity index is 478. The SMILES string of the molecule is C[C@]12CCC3C4=C(CCC3C1CC[C@@H]2O)CC(O)C=C4. The molecule has 0 radical (unpaired) electrons. The molecule has 2 heteroatoms. The summed E-state index contributed by atoms with van der Waals surface area (Å²) in [6, 6.07) is 0. The first-order valence-electron chi connectivity index (χ1n) is 8.36. The van der Waals surface area contributed by atoms with Gasteiger partial charge in [0.1, 0.15) is 0 Å². The monoisotopic (exact) mass is 274 g/mol. The molecule has 0 bridgehead atoms. The predicted octanol–water partition coefficient (Wildman–Crippen LogP) is 3.20. The third-order valence-electron chi connectivity index (χ3n) is 6.93. The van der Waals surface area contributed by atoms with Gasteiger partial charge in [-0.15, -0.1) is 0 Å². The van der Waals surface area contributed by atoms with Crippen LogP contribution in [0.1, 0.15) is 51.9 Å². The molecule has 20 heavy (non-hydrogen) atoms. The van der Waals surface area contributed by atoms with Crippen molar-refractivity contribution in [3.63, 3.8) is 0 Å². The molecule has 0 aromatic carbocycles. The number of hydrogen-bond donors (Lipinski definition) is 2. The lowest BCUT2D eigenvalue weighted by molar-refractivity contribution is -0.0303. The molecule has 2 fully saturated rings. The van der Waals surface area contributed by atoms with Crippen LogP contribution in [0.2, 0.25) is 0 Å². The Balaban J connectivity index is 1.66. The fourth-order valence-corrected chi connectivity index (χ4v) is 5.79. The fraction of sp³-hybridized carbons (Fsp3) is 0.778. The smallest absolute Gasteiger partial charge is 0.0761 e. The molecule has 0 aromatic rings. The molecule has 4 unspecified atom stereocenters. The van der Waals surface area contributed by atoms with Crippen LogP contribution >= 0.6 is 0 Å². The van der Waals surface area contributed by atoms with Gasteiger partial charge in [-0.25, -0.2) is 0 Å². The maximum absolute atomic E-state index is 10.4. The summed E-state index contributed by atoms with van der Waals surface area (Å²) in [5.74, 6) is 2.18. The van der Waals surface area contributed by atoms with Crippen LogP contribution in [0, 0.1) is 23.2 Å². The number of rotatable bonds is 0. The zero-order valence-electron chi connectivity index (χ0n) is 12.4. The number of aliphatic hydroxyl groups is 2. The van der Waals surface area contributed by atoms with Crippen LogP contribution in [0.15, 0.2) is 23.3 Å². The van der Waals surface area contributed by atoms with Crippen molar-refractivity contribution in [2.75, 3.05) is 0 Å². The lowest BCUT2D eigenvalue weighted by Gasteiger charge is -2.50. The molecule has 2 N–H and O–H groups in total. The number of aliphatic hydroxyl groups excluding tert-OH is 2. The van der Waals surface area contributed by atoms with Gasteiger partial charge in [0.15, 0.2) is 0 Å². The van der Waals surface area contributed by atoms with E-state index in [0.717, 1.165) is 18.8 Å². The van der Waals surface area contributed by atoms with E-state index in [-0.39, 0.29) is 17.6 Å². The van der Waals surface area contributed by atoms with Crippen LogP contribution < -0.4 is 0 Å². The average Bonchev–Trinajstić information content (AvgIpc) is 2.74. The van der Waals surface area contributed by atoms with E-state index in [1.165, 1.54) is 37.7 Å². The van der Waals surface area contributed by atoms with E-state index in [1.807, 2.05) is 6.08 Å².